The Morgan fingerprint density at radius 1 is 1.38 bits per heavy atom. The van der Waals surface area contributed by atoms with Gasteiger partial charge in [0.05, 0.1) is 10.6 Å². The molecule has 126 valence electrons. The van der Waals surface area contributed by atoms with E-state index in [2.05, 4.69) is 15.0 Å². The van der Waals surface area contributed by atoms with Crippen molar-refractivity contribution < 1.29 is 17.6 Å². The molecule has 0 spiro atoms. The molecular formula is C14H10F3N3O2S2. The molecule has 0 saturated heterocycles. The summed E-state index contributed by atoms with van der Waals surface area (Å²) in [6.07, 6.45) is -4.67. The van der Waals surface area contributed by atoms with E-state index in [1.54, 1.807) is 6.92 Å². The van der Waals surface area contributed by atoms with Crippen LogP contribution >= 0.6 is 23.1 Å². The van der Waals surface area contributed by atoms with Crippen molar-refractivity contribution in [2.45, 2.75) is 24.0 Å². The molecule has 0 atom stereocenters. The molecule has 0 aromatic carbocycles. The number of oxazole rings is 1. The van der Waals surface area contributed by atoms with Gasteiger partial charge in [-0.05, 0) is 18.4 Å². The molecule has 0 aliphatic carbocycles. The van der Waals surface area contributed by atoms with Crippen LogP contribution in [-0.4, -0.2) is 15.0 Å². The van der Waals surface area contributed by atoms with E-state index in [9.17, 15) is 18.0 Å². The number of nitrogens with zero attached hydrogens (tertiary/aromatic N) is 2. The Kier molecular flexibility index (Phi) is 4.50. The summed E-state index contributed by atoms with van der Waals surface area (Å²) in [7, 11) is 0. The van der Waals surface area contributed by atoms with Crippen molar-refractivity contribution in [3.05, 3.63) is 51.1 Å². The standard InChI is InChI=1S/C14H10F3N3O2S2/c1-7-8(18-12(22-7)9-3-2-4-23-9)6-24-13-19-10(14(15,16)17)5-11(21)20-13/h2-5H,6H2,1H3,(H,19,20,21). The van der Waals surface area contributed by atoms with Gasteiger partial charge in [-0.3, -0.25) is 4.79 Å². The fourth-order valence-corrected chi connectivity index (χ4v) is 3.38. The number of alkyl halides is 3. The minimum atomic E-state index is -4.67. The Morgan fingerprint density at radius 2 is 2.17 bits per heavy atom. The van der Waals surface area contributed by atoms with Crippen molar-refractivity contribution >= 4 is 23.1 Å². The third-order valence-electron chi connectivity index (χ3n) is 2.98. The number of nitrogens with one attached hydrogen (secondary N) is 1. The van der Waals surface area contributed by atoms with Crippen molar-refractivity contribution in [3.8, 4) is 10.8 Å². The average molecular weight is 373 g/mol. The van der Waals surface area contributed by atoms with E-state index in [0.29, 0.717) is 23.4 Å². The van der Waals surface area contributed by atoms with E-state index >= 15 is 0 Å². The van der Waals surface area contributed by atoms with E-state index in [-0.39, 0.29) is 10.9 Å². The Morgan fingerprint density at radius 3 is 2.83 bits per heavy atom. The molecule has 10 heteroatoms. The van der Waals surface area contributed by atoms with Gasteiger partial charge in [-0.15, -0.1) is 11.3 Å². The number of thioether (sulfide) groups is 1. The lowest BCUT2D eigenvalue weighted by Gasteiger charge is -2.06. The largest absolute Gasteiger partial charge is 0.440 e. The van der Waals surface area contributed by atoms with E-state index in [4.69, 9.17) is 4.42 Å². The molecule has 0 fully saturated rings. The molecule has 0 radical (unpaired) electrons. The van der Waals surface area contributed by atoms with E-state index in [0.717, 1.165) is 16.6 Å². The molecule has 3 rings (SSSR count). The fraction of sp³-hybridized carbons (Fsp3) is 0.214. The molecule has 0 aliphatic rings. The lowest BCUT2D eigenvalue weighted by Crippen LogP contribution is -2.16. The normalized spacial score (nSPS) is 11.8. The maximum absolute atomic E-state index is 12.7. The number of hydrogen-bond donors (Lipinski definition) is 1. The highest BCUT2D eigenvalue weighted by Gasteiger charge is 2.33. The monoisotopic (exact) mass is 373 g/mol. The molecule has 3 aromatic rings. The predicted octanol–water partition coefficient (Wildman–Crippen LogP) is 4.11. The number of rotatable bonds is 4. The van der Waals surface area contributed by atoms with Crippen LogP contribution < -0.4 is 5.56 Å². The number of halogens is 3. The maximum Gasteiger partial charge on any atom is 0.433 e. The van der Waals surface area contributed by atoms with Crippen molar-refractivity contribution in [3.63, 3.8) is 0 Å². The summed E-state index contributed by atoms with van der Waals surface area (Å²) in [4.78, 5) is 22.3. The Bertz CT molecular complexity index is 901. The Hall–Kier alpha value is -2.07. The number of H-pyrrole nitrogens is 1. The predicted molar refractivity (Wildman–Crippen MR) is 84.0 cm³/mol. The first kappa shape index (κ1) is 16.8. The van der Waals surface area contributed by atoms with Crippen LogP contribution in [0.2, 0.25) is 0 Å². The first-order valence-electron chi connectivity index (χ1n) is 6.64. The molecule has 0 bridgehead atoms. The van der Waals surface area contributed by atoms with Crippen LogP contribution in [0.1, 0.15) is 17.1 Å². The molecule has 5 nitrogen and oxygen atoms in total. The smallest absolute Gasteiger partial charge is 0.433 e. The average Bonchev–Trinajstić information content (AvgIpc) is 3.13. The number of hydrogen-bond acceptors (Lipinski definition) is 6. The van der Waals surface area contributed by atoms with E-state index in [1.165, 1.54) is 11.3 Å². The van der Waals surface area contributed by atoms with Gasteiger partial charge in [0.1, 0.15) is 5.76 Å². The SMILES string of the molecule is Cc1oc(-c2cccs2)nc1CSc1nc(C(F)(F)F)cc(=O)[nH]1. The second-order valence-electron chi connectivity index (χ2n) is 4.72. The van der Waals surface area contributed by atoms with Crippen LogP contribution in [0.3, 0.4) is 0 Å². The Balaban J connectivity index is 1.79. The van der Waals surface area contributed by atoms with Gasteiger partial charge in [-0.1, -0.05) is 17.8 Å². The van der Waals surface area contributed by atoms with Crippen molar-refractivity contribution in [2.24, 2.45) is 0 Å². The number of aromatic amines is 1. The number of aromatic nitrogens is 3. The molecule has 3 aromatic heterocycles. The van der Waals surface area contributed by atoms with Gasteiger partial charge >= 0.3 is 6.18 Å². The lowest BCUT2D eigenvalue weighted by atomic mass is 10.4. The summed E-state index contributed by atoms with van der Waals surface area (Å²) < 4.78 is 43.6. The molecule has 0 saturated carbocycles. The third-order valence-corrected chi connectivity index (χ3v) is 4.72. The summed E-state index contributed by atoms with van der Waals surface area (Å²) in [6.45, 7) is 1.72. The zero-order valence-electron chi connectivity index (χ0n) is 12.2. The highest BCUT2D eigenvalue weighted by atomic mass is 32.2. The number of aryl methyl sites for hydroxylation is 1. The zero-order chi connectivity index (χ0) is 17.3. The van der Waals surface area contributed by atoms with Gasteiger partial charge < -0.3 is 9.40 Å². The topological polar surface area (TPSA) is 71.8 Å². The van der Waals surface area contributed by atoms with Gasteiger partial charge in [0.25, 0.3) is 5.56 Å². The van der Waals surface area contributed by atoms with Crippen LogP contribution in [-0.2, 0) is 11.9 Å². The molecule has 0 amide bonds. The zero-order valence-corrected chi connectivity index (χ0v) is 13.8. The second-order valence-corrected chi connectivity index (χ2v) is 6.63. The van der Waals surface area contributed by atoms with Crippen LogP contribution in [0, 0.1) is 6.92 Å². The van der Waals surface area contributed by atoms with Gasteiger partial charge in [0.15, 0.2) is 10.9 Å². The van der Waals surface area contributed by atoms with Crippen molar-refractivity contribution in [1.82, 2.24) is 15.0 Å². The first-order chi connectivity index (χ1) is 11.3. The van der Waals surface area contributed by atoms with Gasteiger partial charge in [-0.25, -0.2) is 9.97 Å². The molecular weight excluding hydrogens is 363 g/mol. The van der Waals surface area contributed by atoms with Crippen LogP contribution in [0.25, 0.3) is 10.8 Å². The molecule has 24 heavy (non-hydrogen) atoms. The van der Waals surface area contributed by atoms with E-state index in [1.807, 2.05) is 17.5 Å². The van der Waals surface area contributed by atoms with Crippen molar-refractivity contribution in [2.75, 3.05) is 0 Å². The minimum Gasteiger partial charge on any atom is -0.440 e. The van der Waals surface area contributed by atoms with E-state index < -0.39 is 17.4 Å². The van der Waals surface area contributed by atoms with Gasteiger partial charge in [0, 0.05) is 11.8 Å². The molecule has 0 unspecified atom stereocenters. The number of thiophene rings is 1. The quantitative estimate of drug-likeness (QED) is 0.551. The summed E-state index contributed by atoms with van der Waals surface area (Å²) in [5, 5.41) is 1.77. The maximum atomic E-state index is 12.7. The van der Waals surface area contributed by atoms with Crippen LogP contribution in [0.5, 0.6) is 0 Å². The third kappa shape index (κ3) is 3.70. The fourth-order valence-electron chi connectivity index (χ4n) is 1.85. The molecule has 3 heterocycles. The second kappa shape index (κ2) is 6.44. The lowest BCUT2D eigenvalue weighted by molar-refractivity contribution is -0.141. The highest BCUT2D eigenvalue weighted by Crippen LogP contribution is 2.30. The van der Waals surface area contributed by atoms with Crippen molar-refractivity contribution in [1.29, 1.82) is 0 Å². The first-order valence-corrected chi connectivity index (χ1v) is 8.51. The van der Waals surface area contributed by atoms with Gasteiger partial charge in [0.2, 0.25) is 5.89 Å². The van der Waals surface area contributed by atoms with Crippen LogP contribution in [0.15, 0.2) is 37.9 Å². The molecule has 1 N–H and O–H groups in total. The van der Waals surface area contributed by atoms with Crippen LogP contribution in [0.4, 0.5) is 13.2 Å². The summed E-state index contributed by atoms with van der Waals surface area (Å²) in [5.74, 6) is 1.26. The summed E-state index contributed by atoms with van der Waals surface area (Å²) in [6, 6.07) is 4.16. The molecule has 0 aliphatic heterocycles. The summed E-state index contributed by atoms with van der Waals surface area (Å²) >= 11 is 2.43. The summed E-state index contributed by atoms with van der Waals surface area (Å²) in [5.41, 5.74) is -1.48. The highest BCUT2D eigenvalue weighted by molar-refractivity contribution is 7.98. The van der Waals surface area contributed by atoms with Gasteiger partial charge in [-0.2, -0.15) is 13.2 Å². The minimum absolute atomic E-state index is 0.116. The Labute approximate surface area is 142 Å².